The Hall–Kier alpha value is -1.45. The number of hydrogen-bond acceptors (Lipinski definition) is 4. The van der Waals surface area contributed by atoms with Gasteiger partial charge in [0.25, 0.3) is 10.2 Å². The summed E-state index contributed by atoms with van der Waals surface area (Å²) in [7, 11) is -2.34. The molecule has 9 heteroatoms. The van der Waals surface area contributed by atoms with Crippen LogP contribution in [0.15, 0.2) is 18.5 Å². The van der Waals surface area contributed by atoms with Crippen LogP contribution in [0.4, 0.5) is 0 Å². The van der Waals surface area contributed by atoms with Crippen LogP contribution >= 0.6 is 0 Å². The average Bonchev–Trinajstić information content (AvgIpc) is 2.77. The summed E-state index contributed by atoms with van der Waals surface area (Å²) in [5, 5.41) is 12.5. The lowest BCUT2D eigenvalue weighted by Crippen LogP contribution is -2.44. The Labute approximate surface area is 112 Å². The first-order valence-electron chi connectivity index (χ1n) is 5.74. The highest BCUT2D eigenvalue weighted by atomic mass is 32.2. The van der Waals surface area contributed by atoms with E-state index in [1.54, 1.807) is 30.1 Å². The molecule has 0 aliphatic heterocycles. The van der Waals surface area contributed by atoms with E-state index in [9.17, 15) is 13.2 Å². The van der Waals surface area contributed by atoms with Gasteiger partial charge in [0.1, 0.15) is 0 Å². The van der Waals surface area contributed by atoms with Gasteiger partial charge >= 0.3 is 5.97 Å². The first-order valence-corrected chi connectivity index (χ1v) is 7.18. The second kappa shape index (κ2) is 6.64. The molecule has 0 aliphatic rings. The van der Waals surface area contributed by atoms with Gasteiger partial charge in [-0.15, -0.1) is 0 Å². The van der Waals surface area contributed by atoms with Gasteiger partial charge in [0.15, 0.2) is 0 Å². The van der Waals surface area contributed by atoms with Gasteiger partial charge < -0.3 is 5.11 Å². The Kier molecular flexibility index (Phi) is 5.45. The summed E-state index contributed by atoms with van der Waals surface area (Å²) in [5.74, 6) is -1.04. The lowest BCUT2D eigenvalue weighted by Gasteiger charge is -2.20. The van der Waals surface area contributed by atoms with Gasteiger partial charge in [-0.25, -0.2) is 0 Å². The lowest BCUT2D eigenvalue weighted by molar-refractivity contribution is -0.137. The van der Waals surface area contributed by atoms with Crippen LogP contribution in [0.1, 0.15) is 13.3 Å². The van der Waals surface area contributed by atoms with Crippen molar-refractivity contribution in [3.05, 3.63) is 18.5 Å². The second-order valence-electron chi connectivity index (χ2n) is 4.22. The molecule has 1 aromatic heterocycles. The number of rotatable bonds is 8. The zero-order chi connectivity index (χ0) is 14.5. The van der Waals surface area contributed by atoms with E-state index in [2.05, 4.69) is 9.82 Å². The third kappa shape index (κ3) is 5.37. The van der Waals surface area contributed by atoms with Crippen LogP contribution in [0.25, 0.3) is 0 Å². The van der Waals surface area contributed by atoms with E-state index >= 15 is 0 Å². The van der Waals surface area contributed by atoms with Crippen LogP contribution in [0.3, 0.4) is 0 Å². The highest BCUT2D eigenvalue weighted by Crippen LogP contribution is 1.99. The first-order chi connectivity index (χ1) is 8.81. The molecule has 0 saturated heterocycles. The Morgan fingerprint density at radius 1 is 1.58 bits per heavy atom. The number of aromatic nitrogens is 2. The van der Waals surface area contributed by atoms with Gasteiger partial charge in [-0.3, -0.25) is 9.48 Å². The molecule has 0 saturated carbocycles. The summed E-state index contributed by atoms with van der Waals surface area (Å²) < 4.78 is 28.8. The summed E-state index contributed by atoms with van der Waals surface area (Å²) >= 11 is 0. The monoisotopic (exact) mass is 290 g/mol. The van der Waals surface area contributed by atoms with Crippen LogP contribution in [0, 0.1) is 0 Å². The van der Waals surface area contributed by atoms with Gasteiger partial charge in [0, 0.05) is 32.0 Å². The molecule has 0 radical (unpaired) electrons. The maximum atomic E-state index is 11.9. The molecule has 2 N–H and O–H groups in total. The predicted octanol–water partition coefficient (Wildman–Crippen LogP) is -0.487. The number of carboxylic acids is 1. The van der Waals surface area contributed by atoms with Crippen molar-refractivity contribution in [2.45, 2.75) is 25.9 Å². The predicted molar refractivity (Wildman–Crippen MR) is 68.6 cm³/mol. The van der Waals surface area contributed by atoms with E-state index in [1.807, 2.05) is 0 Å². The molecule has 19 heavy (non-hydrogen) atoms. The van der Waals surface area contributed by atoms with Crippen LogP contribution in [0.5, 0.6) is 0 Å². The third-order valence-corrected chi connectivity index (χ3v) is 4.12. The zero-order valence-corrected chi connectivity index (χ0v) is 11.7. The first kappa shape index (κ1) is 15.6. The molecule has 0 aromatic carbocycles. The Bertz CT molecular complexity index is 500. The molecule has 0 aliphatic carbocycles. The topological polar surface area (TPSA) is 105 Å². The van der Waals surface area contributed by atoms with Crippen LogP contribution in [0.2, 0.25) is 0 Å². The van der Waals surface area contributed by atoms with Crippen molar-refractivity contribution in [1.82, 2.24) is 18.8 Å². The van der Waals surface area contributed by atoms with Crippen molar-refractivity contribution in [3.63, 3.8) is 0 Å². The minimum atomic E-state index is -3.68. The lowest BCUT2D eigenvalue weighted by atomic mass is 10.4. The molecular formula is C10H18N4O4S. The number of hydrogen-bond donors (Lipinski definition) is 2. The minimum Gasteiger partial charge on any atom is -0.481 e. The summed E-state index contributed by atoms with van der Waals surface area (Å²) in [5.41, 5.74) is 0. The number of nitrogens with zero attached hydrogens (tertiary/aromatic N) is 3. The molecular weight excluding hydrogens is 272 g/mol. The van der Waals surface area contributed by atoms with E-state index in [-0.39, 0.29) is 19.0 Å². The molecule has 8 nitrogen and oxygen atoms in total. The van der Waals surface area contributed by atoms with Crippen molar-refractivity contribution < 1.29 is 18.3 Å². The largest absolute Gasteiger partial charge is 0.481 e. The molecule has 1 unspecified atom stereocenters. The molecule has 1 rings (SSSR count). The summed E-state index contributed by atoms with van der Waals surface area (Å²) in [4.78, 5) is 10.4. The fourth-order valence-corrected chi connectivity index (χ4v) is 2.54. The Morgan fingerprint density at radius 3 is 2.79 bits per heavy atom. The highest BCUT2D eigenvalue weighted by Gasteiger charge is 2.20. The Morgan fingerprint density at radius 2 is 2.26 bits per heavy atom. The average molecular weight is 290 g/mol. The zero-order valence-electron chi connectivity index (χ0n) is 10.9. The SMILES string of the molecule is CC(Cn1cccn1)NS(=O)(=O)N(C)CCC(=O)O. The van der Waals surface area contributed by atoms with Gasteiger partial charge in [0.05, 0.1) is 13.0 Å². The molecule has 0 fully saturated rings. The van der Waals surface area contributed by atoms with E-state index < -0.39 is 16.2 Å². The molecule has 1 atom stereocenters. The number of aliphatic carboxylic acids is 1. The second-order valence-corrected chi connectivity index (χ2v) is 6.03. The number of carboxylic acid groups (broad SMARTS) is 1. The summed E-state index contributed by atoms with van der Waals surface area (Å²) in [6.45, 7) is 2.04. The van der Waals surface area contributed by atoms with Crippen molar-refractivity contribution in [1.29, 1.82) is 0 Å². The molecule has 108 valence electrons. The molecule has 0 amide bonds. The number of nitrogens with one attached hydrogen (secondary N) is 1. The van der Waals surface area contributed by atoms with Crippen LogP contribution in [-0.4, -0.2) is 53.2 Å². The number of carbonyl (C=O) groups is 1. The summed E-state index contributed by atoms with van der Waals surface area (Å²) in [6, 6.07) is 1.40. The van der Waals surface area contributed by atoms with Gasteiger partial charge in [0.2, 0.25) is 0 Å². The maximum absolute atomic E-state index is 11.9. The standard InChI is InChI=1S/C10H18N4O4S/c1-9(8-14-6-3-5-11-14)12-19(17,18)13(2)7-4-10(15)16/h3,5-6,9,12H,4,7-8H2,1-2H3,(H,15,16). The maximum Gasteiger partial charge on any atom is 0.304 e. The van der Waals surface area contributed by atoms with Crippen LogP contribution in [-0.2, 0) is 21.5 Å². The van der Waals surface area contributed by atoms with Crippen molar-refractivity contribution in [3.8, 4) is 0 Å². The van der Waals surface area contributed by atoms with Gasteiger partial charge in [-0.2, -0.15) is 22.5 Å². The van der Waals surface area contributed by atoms with E-state index in [1.165, 1.54) is 7.05 Å². The smallest absolute Gasteiger partial charge is 0.304 e. The quantitative estimate of drug-likeness (QED) is 0.672. The molecule has 0 spiro atoms. The van der Waals surface area contributed by atoms with Gasteiger partial charge in [-0.05, 0) is 13.0 Å². The van der Waals surface area contributed by atoms with Crippen LogP contribution < -0.4 is 4.72 Å². The van der Waals surface area contributed by atoms with Crippen molar-refractivity contribution in [2.24, 2.45) is 0 Å². The highest BCUT2D eigenvalue weighted by molar-refractivity contribution is 7.87. The summed E-state index contributed by atoms with van der Waals surface area (Å²) in [6.07, 6.45) is 3.12. The van der Waals surface area contributed by atoms with E-state index in [0.717, 1.165) is 4.31 Å². The fraction of sp³-hybridized carbons (Fsp3) is 0.600. The molecule has 1 aromatic rings. The normalized spacial score (nSPS) is 13.6. The van der Waals surface area contributed by atoms with Gasteiger partial charge in [-0.1, -0.05) is 0 Å². The van der Waals surface area contributed by atoms with E-state index in [4.69, 9.17) is 5.11 Å². The van der Waals surface area contributed by atoms with E-state index in [0.29, 0.717) is 6.54 Å². The Balaban J connectivity index is 2.51. The van der Waals surface area contributed by atoms with Crippen molar-refractivity contribution >= 4 is 16.2 Å². The molecule has 1 heterocycles. The minimum absolute atomic E-state index is 0.0703. The molecule has 0 bridgehead atoms. The van der Waals surface area contributed by atoms with Crippen molar-refractivity contribution in [2.75, 3.05) is 13.6 Å². The third-order valence-electron chi connectivity index (χ3n) is 2.42. The fourth-order valence-electron chi connectivity index (χ4n) is 1.44.